The molecular formula is C8H18Cl2N2. The average Bonchev–Trinajstić information content (AvgIpc) is 2.05. The average molecular weight is 213 g/mol. The summed E-state index contributed by atoms with van der Waals surface area (Å²) in [6, 6.07) is 0.877. The van der Waals surface area contributed by atoms with Crippen LogP contribution in [0.25, 0.3) is 0 Å². The van der Waals surface area contributed by atoms with Gasteiger partial charge in [0.1, 0.15) is 0 Å². The molecule has 2 aliphatic heterocycles. The van der Waals surface area contributed by atoms with Gasteiger partial charge in [-0.05, 0) is 19.4 Å². The number of fused-ring (bicyclic) bond motifs is 1. The zero-order valence-corrected chi connectivity index (χ0v) is 8.92. The Hall–Kier alpha value is 0.500. The first-order chi connectivity index (χ1) is 4.97. The van der Waals surface area contributed by atoms with Crippen molar-refractivity contribution in [1.82, 2.24) is 10.2 Å². The smallest absolute Gasteiger partial charge is 0.0221 e. The predicted octanol–water partition coefficient (Wildman–Crippen LogP) is 1.29. The van der Waals surface area contributed by atoms with E-state index in [0.717, 1.165) is 6.04 Å². The lowest BCUT2D eigenvalue weighted by atomic mass is 10.0. The standard InChI is InChI=1S/C8H16N2.2ClH/c1-2-5-10-6-4-9-7-8(10)3-1;;/h8-9H,1-7H2;2*1H/t8-;;/m0../s1. The van der Waals surface area contributed by atoms with E-state index in [1.54, 1.807) is 0 Å². The van der Waals surface area contributed by atoms with E-state index in [0.29, 0.717) is 0 Å². The highest BCUT2D eigenvalue weighted by Crippen LogP contribution is 2.17. The molecular weight excluding hydrogens is 195 g/mol. The molecule has 2 heterocycles. The monoisotopic (exact) mass is 212 g/mol. The summed E-state index contributed by atoms with van der Waals surface area (Å²) in [4.78, 5) is 2.64. The summed E-state index contributed by atoms with van der Waals surface area (Å²) in [5, 5.41) is 3.44. The SMILES string of the molecule is C1CCN2CCNC[C@@H]2C1.Cl.Cl. The fraction of sp³-hybridized carbons (Fsp3) is 1.00. The molecule has 0 saturated carbocycles. The summed E-state index contributed by atoms with van der Waals surface area (Å²) < 4.78 is 0. The van der Waals surface area contributed by atoms with Crippen LogP contribution in [0.15, 0.2) is 0 Å². The van der Waals surface area contributed by atoms with E-state index in [9.17, 15) is 0 Å². The van der Waals surface area contributed by atoms with Gasteiger partial charge < -0.3 is 5.32 Å². The van der Waals surface area contributed by atoms with Crippen LogP contribution >= 0.6 is 24.8 Å². The van der Waals surface area contributed by atoms with Crippen molar-refractivity contribution in [2.45, 2.75) is 25.3 Å². The van der Waals surface area contributed by atoms with Crippen molar-refractivity contribution in [3.63, 3.8) is 0 Å². The van der Waals surface area contributed by atoms with Crippen molar-refractivity contribution in [2.24, 2.45) is 0 Å². The molecule has 74 valence electrons. The third-order valence-electron chi connectivity index (χ3n) is 2.70. The number of halogens is 2. The summed E-state index contributed by atoms with van der Waals surface area (Å²) in [5.41, 5.74) is 0. The topological polar surface area (TPSA) is 15.3 Å². The first kappa shape index (κ1) is 12.5. The first-order valence-corrected chi connectivity index (χ1v) is 4.41. The van der Waals surface area contributed by atoms with Gasteiger partial charge in [0.2, 0.25) is 0 Å². The van der Waals surface area contributed by atoms with E-state index in [2.05, 4.69) is 10.2 Å². The van der Waals surface area contributed by atoms with Crippen LogP contribution in [-0.4, -0.2) is 37.1 Å². The van der Waals surface area contributed by atoms with E-state index >= 15 is 0 Å². The third kappa shape index (κ3) is 2.77. The van der Waals surface area contributed by atoms with E-state index in [4.69, 9.17) is 0 Å². The second-order valence-corrected chi connectivity index (χ2v) is 3.39. The van der Waals surface area contributed by atoms with Crippen molar-refractivity contribution in [3.8, 4) is 0 Å². The van der Waals surface area contributed by atoms with Crippen molar-refractivity contribution in [2.75, 3.05) is 26.2 Å². The van der Waals surface area contributed by atoms with Crippen LogP contribution in [0, 0.1) is 0 Å². The molecule has 1 atom stereocenters. The minimum Gasteiger partial charge on any atom is -0.314 e. The molecule has 0 amide bonds. The van der Waals surface area contributed by atoms with Crippen LogP contribution in [0.2, 0.25) is 0 Å². The Morgan fingerprint density at radius 2 is 1.92 bits per heavy atom. The highest BCUT2D eigenvalue weighted by atomic mass is 35.5. The molecule has 0 radical (unpaired) electrons. The van der Waals surface area contributed by atoms with Crippen LogP contribution in [-0.2, 0) is 0 Å². The number of nitrogens with one attached hydrogen (secondary N) is 1. The minimum atomic E-state index is 0. The summed E-state index contributed by atoms with van der Waals surface area (Å²) >= 11 is 0. The lowest BCUT2D eigenvalue weighted by Gasteiger charge is -2.39. The number of hydrogen-bond donors (Lipinski definition) is 1. The predicted molar refractivity (Wildman–Crippen MR) is 56.6 cm³/mol. The molecule has 2 nitrogen and oxygen atoms in total. The van der Waals surface area contributed by atoms with Crippen LogP contribution in [0.5, 0.6) is 0 Å². The van der Waals surface area contributed by atoms with Gasteiger partial charge in [0.15, 0.2) is 0 Å². The quantitative estimate of drug-likeness (QED) is 0.652. The van der Waals surface area contributed by atoms with Gasteiger partial charge in [0.25, 0.3) is 0 Å². The number of piperazine rings is 1. The van der Waals surface area contributed by atoms with E-state index in [-0.39, 0.29) is 24.8 Å². The highest BCUT2D eigenvalue weighted by Gasteiger charge is 2.23. The maximum atomic E-state index is 3.44. The van der Waals surface area contributed by atoms with Crippen molar-refractivity contribution in [3.05, 3.63) is 0 Å². The van der Waals surface area contributed by atoms with Gasteiger partial charge in [-0.2, -0.15) is 0 Å². The largest absolute Gasteiger partial charge is 0.314 e. The molecule has 0 aromatic carbocycles. The second kappa shape index (κ2) is 6.03. The Morgan fingerprint density at radius 3 is 2.67 bits per heavy atom. The zero-order chi connectivity index (χ0) is 6.81. The fourth-order valence-electron chi connectivity index (χ4n) is 2.08. The first-order valence-electron chi connectivity index (χ1n) is 4.41. The van der Waals surface area contributed by atoms with Gasteiger partial charge >= 0.3 is 0 Å². The van der Waals surface area contributed by atoms with E-state index < -0.39 is 0 Å². The van der Waals surface area contributed by atoms with Gasteiger partial charge in [-0.1, -0.05) is 6.42 Å². The summed E-state index contributed by atoms with van der Waals surface area (Å²) in [6.45, 7) is 5.08. The van der Waals surface area contributed by atoms with Gasteiger partial charge in [-0.3, -0.25) is 4.90 Å². The second-order valence-electron chi connectivity index (χ2n) is 3.39. The number of nitrogens with zero attached hydrogens (tertiary/aromatic N) is 1. The van der Waals surface area contributed by atoms with Gasteiger partial charge in [-0.25, -0.2) is 0 Å². The van der Waals surface area contributed by atoms with Crippen molar-refractivity contribution < 1.29 is 0 Å². The lowest BCUT2D eigenvalue weighted by Crippen LogP contribution is -2.53. The van der Waals surface area contributed by atoms with Crippen LogP contribution in [0.1, 0.15) is 19.3 Å². The molecule has 2 aliphatic rings. The van der Waals surface area contributed by atoms with E-state index in [1.165, 1.54) is 45.4 Å². The van der Waals surface area contributed by atoms with Crippen LogP contribution < -0.4 is 5.32 Å². The van der Waals surface area contributed by atoms with Crippen molar-refractivity contribution >= 4 is 24.8 Å². The molecule has 1 N–H and O–H groups in total. The maximum Gasteiger partial charge on any atom is 0.0221 e. The van der Waals surface area contributed by atoms with Gasteiger partial charge in [0, 0.05) is 25.7 Å². The third-order valence-corrected chi connectivity index (χ3v) is 2.70. The molecule has 0 spiro atoms. The molecule has 12 heavy (non-hydrogen) atoms. The lowest BCUT2D eigenvalue weighted by molar-refractivity contribution is 0.121. The number of hydrogen-bond acceptors (Lipinski definition) is 2. The molecule has 0 aliphatic carbocycles. The fourth-order valence-corrected chi connectivity index (χ4v) is 2.08. The van der Waals surface area contributed by atoms with E-state index in [1.807, 2.05) is 0 Å². The van der Waals surface area contributed by atoms with Crippen molar-refractivity contribution in [1.29, 1.82) is 0 Å². The Kier molecular flexibility index (Phi) is 6.28. The molecule has 2 saturated heterocycles. The summed E-state index contributed by atoms with van der Waals surface area (Å²) in [7, 11) is 0. The van der Waals surface area contributed by atoms with Gasteiger partial charge in [0.05, 0.1) is 0 Å². The summed E-state index contributed by atoms with van der Waals surface area (Å²) in [6.07, 6.45) is 4.30. The number of rotatable bonds is 0. The molecule has 0 unspecified atom stereocenters. The number of piperidine rings is 1. The van der Waals surface area contributed by atoms with Crippen LogP contribution in [0.3, 0.4) is 0 Å². The molecule has 4 heteroatoms. The Bertz CT molecular complexity index is 95.6. The minimum absolute atomic E-state index is 0. The Labute approximate surface area is 86.9 Å². The normalized spacial score (nSPS) is 29.5. The zero-order valence-electron chi connectivity index (χ0n) is 7.29. The molecule has 0 aromatic rings. The maximum absolute atomic E-state index is 3.44. The van der Waals surface area contributed by atoms with Crippen LogP contribution in [0.4, 0.5) is 0 Å². The summed E-state index contributed by atoms with van der Waals surface area (Å²) in [5.74, 6) is 0. The Morgan fingerprint density at radius 1 is 1.08 bits per heavy atom. The molecule has 2 rings (SSSR count). The highest BCUT2D eigenvalue weighted by molar-refractivity contribution is 5.85. The van der Waals surface area contributed by atoms with Gasteiger partial charge in [-0.15, -0.1) is 24.8 Å². The molecule has 0 aromatic heterocycles. The Balaban J connectivity index is 0.000000605. The molecule has 2 fully saturated rings. The molecule has 0 bridgehead atoms.